The van der Waals surface area contributed by atoms with Gasteiger partial charge in [-0.1, -0.05) is 0 Å². The van der Waals surface area contributed by atoms with Crippen molar-refractivity contribution in [2.24, 2.45) is 0 Å². The fourth-order valence-electron chi connectivity index (χ4n) is 3.08. The van der Waals surface area contributed by atoms with E-state index in [0.29, 0.717) is 25.1 Å². The van der Waals surface area contributed by atoms with Crippen LogP contribution in [0, 0.1) is 0 Å². The molecule has 3 rings (SSSR count). The lowest BCUT2D eigenvalue weighted by Gasteiger charge is -2.30. The molecule has 0 radical (unpaired) electrons. The molecule has 1 saturated heterocycles. The molecule has 2 aliphatic heterocycles. The first-order chi connectivity index (χ1) is 11.3. The first kappa shape index (κ1) is 16.9. The minimum atomic E-state index is -1.35. The molecule has 0 bridgehead atoms. The number of thiophene rings is 1. The molecule has 1 fully saturated rings. The van der Waals surface area contributed by atoms with Gasteiger partial charge < -0.3 is 24.9 Å². The van der Waals surface area contributed by atoms with Gasteiger partial charge in [0, 0.05) is 30.0 Å². The Bertz CT molecular complexity index is 704. The highest BCUT2D eigenvalue weighted by Crippen LogP contribution is 2.40. The molecule has 24 heavy (non-hydrogen) atoms. The zero-order chi connectivity index (χ0) is 17.5. The van der Waals surface area contributed by atoms with Crippen molar-refractivity contribution in [1.82, 2.24) is 4.90 Å². The van der Waals surface area contributed by atoms with Crippen molar-refractivity contribution in [3.8, 4) is 0 Å². The van der Waals surface area contributed by atoms with E-state index in [9.17, 15) is 19.5 Å². The number of carboxylic acids is 1. The van der Waals surface area contributed by atoms with Crippen molar-refractivity contribution in [2.75, 3.05) is 18.4 Å². The van der Waals surface area contributed by atoms with Crippen LogP contribution in [0.15, 0.2) is 0 Å². The van der Waals surface area contributed by atoms with Crippen molar-refractivity contribution >= 4 is 34.1 Å². The zero-order valence-corrected chi connectivity index (χ0v) is 14.5. The molecular formula is C16H19N2O5S-. The molecule has 2 amide bonds. The third-order valence-corrected chi connectivity index (χ3v) is 5.43. The van der Waals surface area contributed by atoms with E-state index in [0.717, 1.165) is 29.1 Å². The van der Waals surface area contributed by atoms with Gasteiger partial charge in [-0.2, -0.15) is 0 Å². The summed E-state index contributed by atoms with van der Waals surface area (Å²) >= 11 is 1.13. The molecule has 2 aliphatic rings. The van der Waals surface area contributed by atoms with E-state index in [1.807, 2.05) is 13.8 Å². The molecule has 0 atom stereocenters. The number of nitrogens with zero attached hydrogens (tertiary/aromatic N) is 1. The maximum atomic E-state index is 12.2. The number of carboxylic acid groups (broad SMARTS) is 1. The topological polar surface area (TPSA) is 98.8 Å². The fraction of sp³-hybridized carbons (Fsp3) is 0.562. The predicted octanol–water partition coefficient (Wildman–Crippen LogP) is 0.524. The minimum absolute atomic E-state index is 0.0334. The largest absolute Gasteiger partial charge is 0.545 e. The van der Waals surface area contributed by atoms with Gasteiger partial charge in [0.2, 0.25) is 0 Å². The Kier molecular flexibility index (Phi) is 4.35. The van der Waals surface area contributed by atoms with Crippen LogP contribution in [-0.2, 0) is 27.4 Å². The predicted molar refractivity (Wildman–Crippen MR) is 85.7 cm³/mol. The van der Waals surface area contributed by atoms with Crippen LogP contribution >= 0.6 is 11.3 Å². The van der Waals surface area contributed by atoms with E-state index in [-0.39, 0.29) is 17.2 Å². The number of carbonyl (C=O) groups excluding carboxylic acids is 3. The normalized spacial score (nSPS) is 19.0. The number of carbonyl (C=O) groups is 3. The lowest BCUT2D eigenvalue weighted by molar-refractivity contribution is -0.255. The van der Waals surface area contributed by atoms with E-state index in [4.69, 9.17) is 4.74 Å². The number of hydrogen-bond donors (Lipinski definition) is 1. The van der Waals surface area contributed by atoms with Crippen LogP contribution in [-0.4, -0.2) is 41.4 Å². The Balaban J connectivity index is 1.86. The van der Waals surface area contributed by atoms with Crippen molar-refractivity contribution in [3.63, 3.8) is 0 Å². The Morgan fingerprint density at radius 3 is 2.54 bits per heavy atom. The van der Waals surface area contributed by atoms with Crippen LogP contribution in [0.1, 0.15) is 47.5 Å². The van der Waals surface area contributed by atoms with Crippen molar-refractivity contribution in [2.45, 2.75) is 45.3 Å². The van der Waals surface area contributed by atoms with Crippen molar-refractivity contribution in [3.05, 3.63) is 16.0 Å². The lowest BCUT2D eigenvalue weighted by Crippen LogP contribution is -2.38. The average molecular weight is 351 g/mol. The standard InChI is InChI=1S/C16H20N2O5S/c1-16(2)7-9-10(8-23-16)24-13(11(9)15(21)22)17-12(19)14(20)18-5-3-4-6-18/h3-8H2,1-2H3,(H,17,19)(H,21,22)/p-1. The molecule has 1 N–H and O–H groups in total. The van der Waals surface area contributed by atoms with E-state index in [1.165, 1.54) is 4.90 Å². The molecule has 1 aromatic rings. The van der Waals surface area contributed by atoms with Crippen LogP contribution in [0.5, 0.6) is 0 Å². The number of anilines is 1. The number of hydrogen-bond acceptors (Lipinski definition) is 6. The summed E-state index contributed by atoms with van der Waals surface area (Å²) in [5, 5.41) is 14.2. The lowest BCUT2D eigenvalue weighted by atomic mass is 9.93. The zero-order valence-electron chi connectivity index (χ0n) is 13.6. The third kappa shape index (κ3) is 3.16. The van der Waals surface area contributed by atoms with Gasteiger partial charge in [-0.25, -0.2) is 0 Å². The highest BCUT2D eigenvalue weighted by atomic mass is 32.1. The van der Waals surface area contributed by atoms with Crippen LogP contribution in [0.3, 0.4) is 0 Å². The highest BCUT2D eigenvalue weighted by molar-refractivity contribution is 7.17. The van der Waals surface area contributed by atoms with Crippen LogP contribution in [0.2, 0.25) is 0 Å². The van der Waals surface area contributed by atoms with Gasteiger partial charge in [-0.3, -0.25) is 9.59 Å². The number of rotatable bonds is 2. The Morgan fingerprint density at radius 1 is 1.25 bits per heavy atom. The van der Waals surface area contributed by atoms with Gasteiger partial charge in [0.25, 0.3) is 0 Å². The fourth-order valence-corrected chi connectivity index (χ4v) is 4.19. The summed E-state index contributed by atoms with van der Waals surface area (Å²) in [6, 6.07) is 0. The smallest absolute Gasteiger partial charge is 0.314 e. The molecule has 3 heterocycles. The van der Waals surface area contributed by atoms with Gasteiger partial charge in [0.05, 0.1) is 18.2 Å². The molecule has 0 unspecified atom stereocenters. The van der Waals surface area contributed by atoms with Crippen LogP contribution in [0.25, 0.3) is 0 Å². The molecule has 8 heteroatoms. The average Bonchev–Trinajstić information content (AvgIpc) is 3.12. The SMILES string of the molecule is CC1(C)Cc2c(sc(NC(=O)C(=O)N3CCCC3)c2C(=O)[O-])CO1. The summed E-state index contributed by atoms with van der Waals surface area (Å²) in [7, 11) is 0. The molecule has 0 spiro atoms. The molecule has 0 aromatic carbocycles. The van der Waals surface area contributed by atoms with Crippen LogP contribution < -0.4 is 10.4 Å². The number of amides is 2. The maximum absolute atomic E-state index is 12.2. The summed E-state index contributed by atoms with van der Waals surface area (Å²) in [6.07, 6.45) is 2.17. The number of ether oxygens (including phenoxy) is 1. The van der Waals surface area contributed by atoms with E-state index < -0.39 is 23.4 Å². The second kappa shape index (κ2) is 6.18. The number of aromatic carboxylic acids is 1. The molecule has 130 valence electrons. The number of nitrogens with one attached hydrogen (secondary N) is 1. The van der Waals surface area contributed by atoms with Gasteiger partial charge >= 0.3 is 11.8 Å². The van der Waals surface area contributed by atoms with E-state index >= 15 is 0 Å². The summed E-state index contributed by atoms with van der Waals surface area (Å²) in [4.78, 5) is 38.1. The quantitative estimate of drug-likeness (QED) is 0.784. The second-order valence-electron chi connectivity index (χ2n) is 6.67. The number of likely N-dealkylation sites (tertiary alicyclic amines) is 1. The summed E-state index contributed by atoms with van der Waals surface area (Å²) in [5.74, 6) is -2.79. The maximum Gasteiger partial charge on any atom is 0.314 e. The van der Waals surface area contributed by atoms with Crippen molar-refractivity contribution < 1.29 is 24.2 Å². The summed E-state index contributed by atoms with van der Waals surface area (Å²) in [6.45, 7) is 5.15. The van der Waals surface area contributed by atoms with Gasteiger partial charge in [0.1, 0.15) is 5.00 Å². The monoisotopic (exact) mass is 351 g/mol. The molecule has 1 aromatic heterocycles. The van der Waals surface area contributed by atoms with E-state index in [2.05, 4.69) is 5.32 Å². The Labute approximate surface area is 143 Å². The molecule has 7 nitrogen and oxygen atoms in total. The van der Waals surface area contributed by atoms with Gasteiger partial charge in [0.15, 0.2) is 0 Å². The third-order valence-electron chi connectivity index (χ3n) is 4.31. The Morgan fingerprint density at radius 2 is 1.92 bits per heavy atom. The van der Waals surface area contributed by atoms with Gasteiger partial charge in [-0.05, 0) is 32.3 Å². The molecular weight excluding hydrogens is 332 g/mol. The first-order valence-corrected chi connectivity index (χ1v) is 8.70. The molecule has 0 aliphatic carbocycles. The summed E-state index contributed by atoms with van der Waals surface area (Å²) < 4.78 is 5.68. The second-order valence-corrected chi connectivity index (χ2v) is 7.78. The summed E-state index contributed by atoms with van der Waals surface area (Å²) in [5.41, 5.74) is 0.111. The minimum Gasteiger partial charge on any atom is -0.545 e. The Hall–Kier alpha value is -1.93. The van der Waals surface area contributed by atoms with Gasteiger partial charge in [-0.15, -0.1) is 11.3 Å². The molecule has 0 saturated carbocycles. The van der Waals surface area contributed by atoms with Crippen LogP contribution in [0.4, 0.5) is 5.00 Å². The van der Waals surface area contributed by atoms with Crippen molar-refractivity contribution in [1.29, 1.82) is 0 Å². The highest BCUT2D eigenvalue weighted by Gasteiger charge is 2.33. The number of fused-ring (bicyclic) bond motifs is 1. The first-order valence-electron chi connectivity index (χ1n) is 7.88. The van der Waals surface area contributed by atoms with E-state index in [1.54, 1.807) is 0 Å².